The van der Waals surface area contributed by atoms with Gasteiger partial charge < -0.3 is 0 Å². The summed E-state index contributed by atoms with van der Waals surface area (Å²) in [7, 11) is 0. The summed E-state index contributed by atoms with van der Waals surface area (Å²) in [5.74, 6) is 1.18. The molecule has 0 saturated carbocycles. The van der Waals surface area contributed by atoms with E-state index in [1.54, 1.807) is 0 Å². The minimum atomic E-state index is 0.588. The molecule has 0 N–H and O–H groups in total. The highest BCUT2D eigenvalue weighted by Gasteiger charge is 2.06. The quantitative estimate of drug-likeness (QED) is 0.447. The molecule has 0 fully saturated rings. The topological polar surface area (TPSA) is 0 Å². The smallest absolute Gasteiger partial charge is 0.00229 e. The molecule has 0 amide bonds. The van der Waals surface area contributed by atoms with Crippen LogP contribution in [-0.2, 0) is 12.8 Å². The van der Waals surface area contributed by atoms with Crippen molar-refractivity contribution in [1.29, 1.82) is 0 Å². The van der Waals surface area contributed by atoms with Crippen LogP contribution in [0, 0.1) is 0 Å². The fourth-order valence-corrected chi connectivity index (χ4v) is 3.38. The molecule has 0 radical (unpaired) electrons. The zero-order chi connectivity index (χ0) is 18.5. The SMILES string of the molecule is CC(C)c1ccc(Cc2ccccc2Cc2ccc(C(C)C)cc2)cc1. The van der Waals surface area contributed by atoms with Gasteiger partial charge in [-0.3, -0.25) is 0 Å². The van der Waals surface area contributed by atoms with E-state index in [9.17, 15) is 0 Å². The van der Waals surface area contributed by atoms with E-state index in [0.717, 1.165) is 12.8 Å². The van der Waals surface area contributed by atoms with E-state index < -0.39 is 0 Å². The maximum atomic E-state index is 2.28. The van der Waals surface area contributed by atoms with Gasteiger partial charge in [-0.15, -0.1) is 0 Å². The molecule has 0 unspecified atom stereocenters. The first kappa shape index (κ1) is 18.5. The van der Waals surface area contributed by atoms with E-state index in [4.69, 9.17) is 0 Å². The van der Waals surface area contributed by atoms with E-state index in [-0.39, 0.29) is 0 Å². The third-order valence-corrected chi connectivity index (χ3v) is 5.20. The molecular formula is C26H30. The Bertz CT molecular complexity index is 748. The summed E-state index contributed by atoms with van der Waals surface area (Å²) < 4.78 is 0. The predicted octanol–water partition coefficient (Wildman–Crippen LogP) is 7.12. The Morgan fingerprint density at radius 1 is 0.500 bits per heavy atom. The summed E-state index contributed by atoms with van der Waals surface area (Å²) in [6.45, 7) is 8.98. The second-order valence-electron chi connectivity index (χ2n) is 7.91. The summed E-state index contributed by atoms with van der Waals surface area (Å²) in [5, 5.41) is 0. The Balaban J connectivity index is 1.77. The van der Waals surface area contributed by atoms with Crippen LogP contribution in [0.2, 0.25) is 0 Å². The minimum Gasteiger partial charge on any atom is -0.0620 e. The second kappa shape index (κ2) is 8.36. The number of hydrogen-bond donors (Lipinski definition) is 0. The molecule has 0 aliphatic carbocycles. The van der Waals surface area contributed by atoms with Gasteiger partial charge in [0.15, 0.2) is 0 Å². The number of rotatable bonds is 6. The fraction of sp³-hybridized carbons (Fsp3) is 0.308. The van der Waals surface area contributed by atoms with Gasteiger partial charge in [0.2, 0.25) is 0 Å². The van der Waals surface area contributed by atoms with Crippen LogP contribution in [0.15, 0.2) is 72.8 Å². The molecule has 0 heterocycles. The second-order valence-corrected chi connectivity index (χ2v) is 7.91. The summed E-state index contributed by atoms with van der Waals surface area (Å²) >= 11 is 0. The van der Waals surface area contributed by atoms with Gasteiger partial charge in [-0.2, -0.15) is 0 Å². The first-order chi connectivity index (χ1) is 12.5. The molecule has 0 atom stereocenters. The van der Waals surface area contributed by atoms with Crippen molar-refractivity contribution in [3.8, 4) is 0 Å². The molecule has 0 bridgehead atoms. The standard InChI is InChI=1S/C26H30/c1-19(2)23-13-9-21(10-14-23)17-25-7-5-6-8-26(25)18-22-11-15-24(16-12-22)20(3)4/h5-16,19-20H,17-18H2,1-4H3. The zero-order valence-electron chi connectivity index (χ0n) is 16.5. The van der Waals surface area contributed by atoms with Crippen molar-refractivity contribution < 1.29 is 0 Å². The Morgan fingerprint density at radius 2 is 0.846 bits per heavy atom. The Hall–Kier alpha value is -2.34. The summed E-state index contributed by atoms with van der Waals surface area (Å²) in [6.07, 6.45) is 2.00. The first-order valence-corrected chi connectivity index (χ1v) is 9.77. The van der Waals surface area contributed by atoms with Crippen molar-refractivity contribution >= 4 is 0 Å². The van der Waals surface area contributed by atoms with Gasteiger partial charge >= 0.3 is 0 Å². The largest absolute Gasteiger partial charge is 0.0620 e. The van der Waals surface area contributed by atoms with Gasteiger partial charge in [0.25, 0.3) is 0 Å². The highest BCUT2D eigenvalue weighted by atomic mass is 14.1. The number of benzene rings is 3. The van der Waals surface area contributed by atoms with Crippen molar-refractivity contribution in [3.63, 3.8) is 0 Å². The van der Waals surface area contributed by atoms with Crippen LogP contribution in [0.1, 0.15) is 72.9 Å². The summed E-state index contributed by atoms with van der Waals surface area (Å²) in [5.41, 5.74) is 8.45. The van der Waals surface area contributed by atoms with Gasteiger partial charge in [0, 0.05) is 0 Å². The maximum absolute atomic E-state index is 2.28. The molecule has 0 saturated heterocycles. The van der Waals surface area contributed by atoms with Crippen LogP contribution < -0.4 is 0 Å². The molecule has 0 aliphatic heterocycles. The highest BCUT2D eigenvalue weighted by Crippen LogP contribution is 2.21. The molecule has 0 aliphatic rings. The molecule has 0 spiro atoms. The lowest BCUT2D eigenvalue weighted by molar-refractivity contribution is 0.864. The van der Waals surface area contributed by atoms with Gasteiger partial charge in [-0.25, -0.2) is 0 Å². The van der Waals surface area contributed by atoms with E-state index in [2.05, 4.69) is 100 Å². The molecule has 0 nitrogen and oxygen atoms in total. The van der Waals surface area contributed by atoms with Gasteiger partial charge in [0.1, 0.15) is 0 Å². The third kappa shape index (κ3) is 4.64. The Kier molecular flexibility index (Phi) is 5.93. The number of hydrogen-bond acceptors (Lipinski definition) is 0. The monoisotopic (exact) mass is 342 g/mol. The van der Waals surface area contributed by atoms with Crippen molar-refractivity contribution in [1.82, 2.24) is 0 Å². The predicted molar refractivity (Wildman–Crippen MR) is 113 cm³/mol. The molecule has 26 heavy (non-hydrogen) atoms. The minimum absolute atomic E-state index is 0.588. The maximum Gasteiger partial charge on any atom is -0.00229 e. The molecule has 3 aromatic carbocycles. The van der Waals surface area contributed by atoms with Gasteiger partial charge in [-0.05, 0) is 58.1 Å². The van der Waals surface area contributed by atoms with E-state index in [1.807, 2.05) is 0 Å². The Labute approximate surface area is 158 Å². The van der Waals surface area contributed by atoms with Crippen LogP contribution in [0.4, 0.5) is 0 Å². The average Bonchev–Trinajstić information content (AvgIpc) is 2.64. The molecule has 3 aromatic rings. The normalized spacial score (nSPS) is 11.3. The van der Waals surface area contributed by atoms with Crippen LogP contribution in [0.25, 0.3) is 0 Å². The van der Waals surface area contributed by atoms with Crippen molar-refractivity contribution in [3.05, 3.63) is 106 Å². The molecule has 0 heteroatoms. The van der Waals surface area contributed by atoms with Gasteiger partial charge in [-0.1, -0.05) is 100 Å². The van der Waals surface area contributed by atoms with Crippen molar-refractivity contribution in [2.24, 2.45) is 0 Å². The lowest BCUT2D eigenvalue weighted by atomic mass is 9.93. The van der Waals surface area contributed by atoms with E-state index in [0.29, 0.717) is 11.8 Å². The first-order valence-electron chi connectivity index (χ1n) is 9.77. The molecular weight excluding hydrogens is 312 g/mol. The van der Waals surface area contributed by atoms with Gasteiger partial charge in [0.05, 0.1) is 0 Å². The third-order valence-electron chi connectivity index (χ3n) is 5.20. The van der Waals surface area contributed by atoms with Crippen molar-refractivity contribution in [2.75, 3.05) is 0 Å². The van der Waals surface area contributed by atoms with E-state index >= 15 is 0 Å². The van der Waals surface area contributed by atoms with Crippen LogP contribution in [-0.4, -0.2) is 0 Å². The zero-order valence-corrected chi connectivity index (χ0v) is 16.5. The highest BCUT2D eigenvalue weighted by molar-refractivity contribution is 5.38. The lowest BCUT2D eigenvalue weighted by Gasteiger charge is -2.12. The fourth-order valence-electron chi connectivity index (χ4n) is 3.38. The summed E-state index contributed by atoms with van der Waals surface area (Å²) in [6, 6.07) is 27.1. The van der Waals surface area contributed by atoms with Crippen LogP contribution in [0.5, 0.6) is 0 Å². The van der Waals surface area contributed by atoms with Crippen LogP contribution >= 0.6 is 0 Å². The summed E-state index contributed by atoms with van der Waals surface area (Å²) in [4.78, 5) is 0. The molecule has 0 aromatic heterocycles. The average molecular weight is 343 g/mol. The van der Waals surface area contributed by atoms with Crippen LogP contribution in [0.3, 0.4) is 0 Å². The molecule has 3 rings (SSSR count). The molecule has 134 valence electrons. The Morgan fingerprint density at radius 3 is 1.15 bits per heavy atom. The lowest BCUT2D eigenvalue weighted by Crippen LogP contribution is -1.98. The van der Waals surface area contributed by atoms with E-state index in [1.165, 1.54) is 33.4 Å². The van der Waals surface area contributed by atoms with Crippen molar-refractivity contribution in [2.45, 2.75) is 52.4 Å².